The second-order valence-electron chi connectivity index (χ2n) is 10.2. The van der Waals surface area contributed by atoms with Gasteiger partial charge in [0.1, 0.15) is 12.6 Å². The Bertz CT molecular complexity index is 1410. The van der Waals surface area contributed by atoms with Gasteiger partial charge >= 0.3 is 0 Å². The van der Waals surface area contributed by atoms with Crippen molar-refractivity contribution in [2.24, 2.45) is 0 Å². The lowest BCUT2D eigenvalue weighted by molar-refractivity contribution is -0.141. The standard InChI is InChI=1S/C28H33Cl2N3O4S/c1-6-24(27(35)31-28(2,3)4)32(17-21-22(29)14-10-15-23(21)30)26(34)18-33(38(5,36)37)25-16-9-12-19-11-7-8-13-20(19)25/h7-16,24H,6,17-18H2,1-5H3,(H,31,35)/t24-/m0/s1. The zero-order chi connectivity index (χ0) is 28.3. The summed E-state index contributed by atoms with van der Waals surface area (Å²) in [6.07, 6.45) is 1.35. The van der Waals surface area contributed by atoms with Gasteiger partial charge in [0.2, 0.25) is 21.8 Å². The summed E-state index contributed by atoms with van der Waals surface area (Å²) in [7, 11) is -3.88. The molecule has 0 aromatic heterocycles. The van der Waals surface area contributed by atoms with E-state index >= 15 is 0 Å². The number of nitrogens with zero attached hydrogens (tertiary/aromatic N) is 2. The first-order chi connectivity index (χ1) is 17.7. The Labute approximate surface area is 234 Å². The average molecular weight is 579 g/mol. The third kappa shape index (κ3) is 7.18. The molecule has 1 N–H and O–H groups in total. The minimum Gasteiger partial charge on any atom is -0.350 e. The van der Waals surface area contributed by atoms with Crippen LogP contribution < -0.4 is 9.62 Å². The van der Waals surface area contributed by atoms with Crippen LogP contribution in [-0.2, 0) is 26.2 Å². The predicted molar refractivity (Wildman–Crippen MR) is 155 cm³/mol. The van der Waals surface area contributed by atoms with Gasteiger partial charge in [-0.3, -0.25) is 13.9 Å². The third-order valence-electron chi connectivity index (χ3n) is 5.99. The van der Waals surface area contributed by atoms with E-state index in [0.717, 1.165) is 15.9 Å². The van der Waals surface area contributed by atoms with Crippen molar-refractivity contribution in [3.63, 3.8) is 0 Å². The highest BCUT2D eigenvalue weighted by atomic mass is 35.5. The Morgan fingerprint density at radius 3 is 2.11 bits per heavy atom. The predicted octanol–water partition coefficient (Wildman–Crippen LogP) is 5.63. The number of hydrogen-bond acceptors (Lipinski definition) is 4. The molecule has 0 fully saturated rings. The number of sulfonamides is 1. The van der Waals surface area contributed by atoms with E-state index in [1.54, 1.807) is 43.3 Å². The van der Waals surface area contributed by atoms with Gasteiger partial charge in [-0.1, -0.05) is 72.6 Å². The zero-order valence-corrected chi connectivity index (χ0v) is 24.5. The minimum atomic E-state index is -3.88. The van der Waals surface area contributed by atoms with Gasteiger partial charge < -0.3 is 10.2 Å². The van der Waals surface area contributed by atoms with Crippen molar-refractivity contribution >= 4 is 61.5 Å². The number of rotatable bonds is 9. The van der Waals surface area contributed by atoms with Gasteiger partial charge in [0, 0.05) is 33.1 Å². The molecule has 0 aliphatic rings. The van der Waals surface area contributed by atoms with E-state index in [2.05, 4.69) is 5.32 Å². The van der Waals surface area contributed by atoms with Gasteiger partial charge in [0.25, 0.3) is 0 Å². The van der Waals surface area contributed by atoms with Crippen LogP contribution in [0.15, 0.2) is 60.7 Å². The van der Waals surface area contributed by atoms with E-state index in [1.807, 2.05) is 45.0 Å². The zero-order valence-electron chi connectivity index (χ0n) is 22.2. The molecule has 7 nitrogen and oxygen atoms in total. The van der Waals surface area contributed by atoms with Crippen molar-refractivity contribution < 1.29 is 18.0 Å². The number of amides is 2. The molecule has 2 amide bonds. The maximum Gasteiger partial charge on any atom is 0.244 e. The van der Waals surface area contributed by atoms with Crippen molar-refractivity contribution in [2.75, 3.05) is 17.1 Å². The molecule has 0 heterocycles. The number of carbonyl (C=O) groups is 2. The Morgan fingerprint density at radius 2 is 1.53 bits per heavy atom. The van der Waals surface area contributed by atoms with Crippen molar-refractivity contribution in [3.8, 4) is 0 Å². The number of nitrogens with one attached hydrogen (secondary N) is 1. The maximum atomic E-state index is 14.0. The summed E-state index contributed by atoms with van der Waals surface area (Å²) in [6.45, 7) is 6.76. The highest BCUT2D eigenvalue weighted by molar-refractivity contribution is 7.92. The summed E-state index contributed by atoms with van der Waals surface area (Å²) in [5, 5.41) is 5.14. The van der Waals surface area contributed by atoms with E-state index in [9.17, 15) is 18.0 Å². The fourth-order valence-electron chi connectivity index (χ4n) is 4.25. The second-order valence-corrected chi connectivity index (χ2v) is 12.9. The van der Waals surface area contributed by atoms with Crippen LogP contribution in [0, 0.1) is 0 Å². The van der Waals surface area contributed by atoms with Gasteiger partial charge in [0.05, 0.1) is 11.9 Å². The van der Waals surface area contributed by atoms with Crippen LogP contribution >= 0.6 is 23.2 Å². The molecular formula is C28H33Cl2N3O4S. The minimum absolute atomic E-state index is 0.0689. The molecule has 0 unspecified atom stereocenters. The summed E-state index contributed by atoms with van der Waals surface area (Å²) in [5.74, 6) is -0.914. The van der Waals surface area contributed by atoms with E-state index in [1.165, 1.54) is 4.90 Å². The van der Waals surface area contributed by atoms with Gasteiger partial charge in [-0.2, -0.15) is 0 Å². The monoisotopic (exact) mass is 577 g/mol. The van der Waals surface area contributed by atoms with Crippen molar-refractivity contribution in [3.05, 3.63) is 76.3 Å². The van der Waals surface area contributed by atoms with Crippen LogP contribution in [0.4, 0.5) is 5.69 Å². The molecule has 0 radical (unpaired) electrons. The van der Waals surface area contributed by atoms with E-state index < -0.39 is 34.1 Å². The summed E-state index contributed by atoms with van der Waals surface area (Å²) >= 11 is 12.8. The fourth-order valence-corrected chi connectivity index (χ4v) is 5.63. The summed E-state index contributed by atoms with van der Waals surface area (Å²) < 4.78 is 27.1. The lowest BCUT2D eigenvalue weighted by Crippen LogP contribution is -2.55. The van der Waals surface area contributed by atoms with Crippen molar-refractivity contribution in [2.45, 2.75) is 52.2 Å². The van der Waals surface area contributed by atoms with Crippen molar-refractivity contribution in [1.29, 1.82) is 0 Å². The molecule has 0 saturated heterocycles. The van der Waals surface area contributed by atoms with Crippen LogP contribution in [0.2, 0.25) is 10.0 Å². The number of fused-ring (bicyclic) bond motifs is 1. The Morgan fingerprint density at radius 1 is 0.947 bits per heavy atom. The first-order valence-electron chi connectivity index (χ1n) is 12.2. The van der Waals surface area contributed by atoms with Crippen LogP contribution in [-0.4, -0.2) is 49.5 Å². The van der Waals surface area contributed by atoms with E-state index in [4.69, 9.17) is 23.2 Å². The molecule has 0 bridgehead atoms. The molecule has 0 aliphatic heterocycles. The lowest BCUT2D eigenvalue weighted by Gasteiger charge is -2.35. The van der Waals surface area contributed by atoms with E-state index in [-0.39, 0.29) is 12.5 Å². The van der Waals surface area contributed by atoms with Crippen LogP contribution in [0.25, 0.3) is 10.8 Å². The summed E-state index contributed by atoms with van der Waals surface area (Å²) in [6, 6.07) is 16.7. The highest BCUT2D eigenvalue weighted by Gasteiger charge is 2.34. The number of carbonyl (C=O) groups excluding carboxylic acids is 2. The van der Waals surface area contributed by atoms with E-state index in [0.29, 0.717) is 33.1 Å². The number of halogens is 2. The molecule has 3 aromatic carbocycles. The van der Waals surface area contributed by atoms with Crippen LogP contribution in [0.5, 0.6) is 0 Å². The van der Waals surface area contributed by atoms with Crippen molar-refractivity contribution in [1.82, 2.24) is 10.2 Å². The third-order valence-corrected chi connectivity index (χ3v) is 7.82. The molecular weight excluding hydrogens is 545 g/mol. The van der Waals surface area contributed by atoms with Gasteiger partial charge in [0.15, 0.2) is 0 Å². The van der Waals surface area contributed by atoms with Gasteiger partial charge in [-0.05, 0) is 50.8 Å². The molecule has 3 aromatic rings. The summed E-state index contributed by atoms with van der Waals surface area (Å²) in [5.41, 5.74) is 0.312. The largest absolute Gasteiger partial charge is 0.350 e. The first-order valence-corrected chi connectivity index (χ1v) is 14.8. The molecule has 3 rings (SSSR count). The number of anilines is 1. The topological polar surface area (TPSA) is 86.8 Å². The van der Waals surface area contributed by atoms with Crippen LogP contribution in [0.1, 0.15) is 39.7 Å². The maximum absolute atomic E-state index is 14.0. The molecule has 0 aliphatic carbocycles. The van der Waals surface area contributed by atoms with Gasteiger partial charge in [-0.25, -0.2) is 8.42 Å². The summed E-state index contributed by atoms with van der Waals surface area (Å²) in [4.78, 5) is 28.6. The number of benzene rings is 3. The molecule has 0 spiro atoms. The molecule has 38 heavy (non-hydrogen) atoms. The number of hydrogen-bond donors (Lipinski definition) is 1. The average Bonchev–Trinajstić information content (AvgIpc) is 2.82. The molecule has 204 valence electrons. The SMILES string of the molecule is CC[C@@H](C(=O)NC(C)(C)C)N(Cc1c(Cl)cccc1Cl)C(=O)CN(c1cccc2ccccc12)S(C)(=O)=O. The first kappa shape index (κ1) is 29.7. The Hall–Kier alpha value is -2.81. The van der Waals surface area contributed by atoms with Gasteiger partial charge in [-0.15, -0.1) is 0 Å². The highest BCUT2D eigenvalue weighted by Crippen LogP contribution is 2.30. The van der Waals surface area contributed by atoms with Crippen LogP contribution in [0.3, 0.4) is 0 Å². The molecule has 1 atom stereocenters. The molecule has 10 heteroatoms. The smallest absolute Gasteiger partial charge is 0.244 e. The lowest BCUT2D eigenvalue weighted by atomic mass is 10.1. The Kier molecular flexibility index (Phi) is 9.34. The fraction of sp³-hybridized carbons (Fsp3) is 0.357. The molecule has 0 saturated carbocycles. The normalized spacial score (nSPS) is 12.7. The quantitative estimate of drug-likeness (QED) is 0.357. The Balaban J connectivity index is 2.08. The second kappa shape index (κ2) is 11.9.